The minimum absolute atomic E-state index is 0.00317. The Morgan fingerprint density at radius 1 is 0.972 bits per heavy atom. The summed E-state index contributed by atoms with van der Waals surface area (Å²) >= 11 is 0. The van der Waals surface area contributed by atoms with Gasteiger partial charge < -0.3 is 4.74 Å². The second-order valence-corrected chi connectivity index (χ2v) is 8.27. The molecular weight excluding hydrogens is 458 g/mol. The molecule has 1 atom stereocenters. The van der Waals surface area contributed by atoms with Crippen LogP contribution >= 0.6 is 0 Å². The second-order valence-electron chi connectivity index (χ2n) is 8.27. The van der Waals surface area contributed by atoms with Gasteiger partial charge in [-0.2, -0.15) is 5.26 Å². The summed E-state index contributed by atoms with van der Waals surface area (Å²) in [5.41, 5.74) is 3.51. The van der Waals surface area contributed by atoms with Gasteiger partial charge in [0.05, 0.1) is 17.7 Å². The first-order valence-electron chi connectivity index (χ1n) is 12.2. The number of unbranched alkanes of at least 4 members (excludes halogenated alkanes) is 1. The first kappa shape index (κ1) is 28.7. The summed E-state index contributed by atoms with van der Waals surface area (Å²) in [6, 6.07) is 13.9. The Morgan fingerprint density at radius 3 is 2.08 bits per heavy atom. The van der Waals surface area contributed by atoms with Gasteiger partial charge in [-0.3, -0.25) is 4.99 Å². The van der Waals surface area contributed by atoms with Gasteiger partial charge in [-0.25, -0.2) is 18.7 Å². The molecule has 1 unspecified atom stereocenters. The average Bonchev–Trinajstić information content (AvgIpc) is 3.36. The van der Waals surface area contributed by atoms with E-state index in [9.17, 15) is 8.78 Å². The molecule has 2 heterocycles. The highest BCUT2D eigenvalue weighted by Gasteiger charge is 2.24. The first-order chi connectivity index (χ1) is 17.4. The lowest BCUT2D eigenvalue weighted by Gasteiger charge is -2.08. The Bertz CT molecular complexity index is 1120. The molecule has 0 bridgehead atoms. The number of methoxy groups -OCH3 is 1. The van der Waals surface area contributed by atoms with E-state index in [1.165, 1.54) is 18.2 Å². The van der Waals surface area contributed by atoms with Crippen molar-refractivity contribution in [2.45, 2.75) is 58.9 Å². The lowest BCUT2D eigenvalue weighted by atomic mass is 10.0. The smallest absolute Gasteiger partial charge is 0.135 e. The third-order valence-electron chi connectivity index (χ3n) is 5.40. The number of ether oxygens (including phenoxy) is 1. The molecule has 4 rings (SSSR count). The molecule has 2 aromatic carbocycles. The van der Waals surface area contributed by atoms with E-state index in [0.29, 0.717) is 18.6 Å². The van der Waals surface area contributed by atoms with E-state index in [-0.39, 0.29) is 11.6 Å². The fourth-order valence-electron chi connectivity index (χ4n) is 3.55. The molecule has 1 aliphatic rings. The Balaban J connectivity index is 0.000000389. The van der Waals surface area contributed by atoms with E-state index in [4.69, 9.17) is 10.00 Å². The molecule has 36 heavy (non-hydrogen) atoms. The summed E-state index contributed by atoms with van der Waals surface area (Å²) in [4.78, 5) is 13.0. The fraction of sp³-hybridized carbons (Fsp3) is 0.379. The topological polar surface area (TPSA) is 71.2 Å². The van der Waals surface area contributed by atoms with E-state index in [1.54, 1.807) is 19.5 Å². The summed E-state index contributed by atoms with van der Waals surface area (Å²) in [6.45, 7) is 6.81. The molecule has 190 valence electrons. The maximum atomic E-state index is 14.0. The maximum absolute atomic E-state index is 14.0. The molecule has 3 aromatic rings. The Kier molecular flexibility index (Phi) is 12.4. The van der Waals surface area contributed by atoms with Crippen LogP contribution in [0.5, 0.6) is 0 Å². The first-order valence-corrected chi connectivity index (χ1v) is 12.2. The minimum Gasteiger partial charge on any atom is -0.385 e. The molecule has 0 saturated carbocycles. The second kappa shape index (κ2) is 15.5. The summed E-state index contributed by atoms with van der Waals surface area (Å²) in [5, 5.41) is 7.82. The van der Waals surface area contributed by atoms with E-state index in [1.807, 2.05) is 44.2 Å². The lowest BCUT2D eigenvalue weighted by molar-refractivity contribution is 0.199. The third kappa shape index (κ3) is 8.62. The number of aliphatic imine (C=N–C) groups is 1. The Labute approximate surface area is 212 Å². The summed E-state index contributed by atoms with van der Waals surface area (Å²) in [7, 11) is 1.71. The van der Waals surface area contributed by atoms with Crippen LogP contribution in [0.15, 0.2) is 59.9 Å². The standard InChI is InChI=1S/C21H17F2N3.C4H7N.C4H10O/c1-13-24-11-16(12-25-13)14-5-7-15(8-6-14)19-9-10-20(26-19)21-17(22)3-2-4-18(21)23;1-2-3-4-5;1-3-4-5-2/h2-8,11-12,19H,9-10H2,1H3;2-3H2,1H3;3-4H2,1-2H3. The van der Waals surface area contributed by atoms with Crippen molar-refractivity contribution in [2.24, 2.45) is 4.99 Å². The van der Waals surface area contributed by atoms with Crippen LogP contribution in [0.2, 0.25) is 0 Å². The highest BCUT2D eigenvalue weighted by molar-refractivity contribution is 6.02. The number of nitrogens with zero attached hydrogens (tertiary/aromatic N) is 4. The van der Waals surface area contributed by atoms with E-state index < -0.39 is 11.6 Å². The monoisotopic (exact) mass is 492 g/mol. The highest BCUT2D eigenvalue weighted by Crippen LogP contribution is 2.33. The van der Waals surface area contributed by atoms with Gasteiger partial charge in [-0.05, 0) is 55.9 Å². The molecule has 1 aromatic heterocycles. The predicted octanol–water partition coefficient (Wildman–Crippen LogP) is 7.41. The summed E-state index contributed by atoms with van der Waals surface area (Å²) < 4.78 is 32.6. The normalized spacial score (nSPS) is 14.0. The van der Waals surface area contributed by atoms with Crippen LogP contribution in [0.3, 0.4) is 0 Å². The quantitative estimate of drug-likeness (QED) is 0.359. The van der Waals surface area contributed by atoms with Gasteiger partial charge in [-0.1, -0.05) is 44.2 Å². The lowest BCUT2D eigenvalue weighted by Crippen LogP contribution is -2.03. The average molecular weight is 493 g/mol. The predicted molar refractivity (Wildman–Crippen MR) is 140 cm³/mol. The van der Waals surface area contributed by atoms with Crippen LogP contribution < -0.4 is 0 Å². The molecule has 5 nitrogen and oxygen atoms in total. The molecule has 0 radical (unpaired) electrons. The van der Waals surface area contributed by atoms with Gasteiger partial charge in [0.2, 0.25) is 0 Å². The van der Waals surface area contributed by atoms with Crippen molar-refractivity contribution in [1.82, 2.24) is 9.97 Å². The number of rotatable bonds is 6. The van der Waals surface area contributed by atoms with Gasteiger partial charge in [0, 0.05) is 43.8 Å². The Hall–Kier alpha value is -3.50. The SMILES string of the molecule is CCCC#N.CCCOC.Cc1ncc(-c2ccc(C3CCC(c4c(F)cccc4F)=N3)cc2)cn1. The van der Waals surface area contributed by atoms with Crippen LogP contribution in [-0.2, 0) is 4.74 Å². The van der Waals surface area contributed by atoms with Crippen LogP contribution in [-0.4, -0.2) is 29.4 Å². The van der Waals surface area contributed by atoms with Crippen molar-refractivity contribution in [3.8, 4) is 17.2 Å². The number of benzene rings is 2. The number of hydrogen-bond donors (Lipinski definition) is 0. The largest absolute Gasteiger partial charge is 0.385 e. The molecule has 0 fully saturated rings. The van der Waals surface area contributed by atoms with Crippen LogP contribution in [0.4, 0.5) is 8.78 Å². The van der Waals surface area contributed by atoms with Crippen LogP contribution in [0.25, 0.3) is 11.1 Å². The molecule has 7 heteroatoms. The van der Waals surface area contributed by atoms with Crippen molar-refractivity contribution >= 4 is 5.71 Å². The number of halogens is 2. The number of aromatic nitrogens is 2. The Morgan fingerprint density at radius 2 is 1.61 bits per heavy atom. The van der Waals surface area contributed by atoms with E-state index in [0.717, 1.165) is 48.4 Å². The molecule has 0 N–H and O–H groups in total. The van der Waals surface area contributed by atoms with E-state index >= 15 is 0 Å². The third-order valence-corrected chi connectivity index (χ3v) is 5.40. The minimum atomic E-state index is -0.556. The molecule has 0 aliphatic carbocycles. The summed E-state index contributed by atoms with van der Waals surface area (Å²) in [5.74, 6) is -0.378. The maximum Gasteiger partial charge on any atom is 0.135 e. The van der Waals surface area contributed by atoms with Gasteiger partial charge in [0.15, 0.2) is 0 Å². The van der Waals surface area contributed by atoms with Crippen molar-refractivity contribution in [1.29, 1.82) is 5.26 Å². The van der Waals surface area contributed by atoms with Crippen molar-refractivity contribution in [2.75, 3.05) is 13.7 Å². The molecule has 0 amide bonds. The zero-order valence-electron chi connectivity index (χ0n) is 21.5. The van der Waals surface area contributed by atoms with Gasteiger partial charge >= 0.3 is 0 Å². The fourth-order valence-corrected chi connectivity index (χ4v) is 3.55. The van der Waals surface area contributed by atoms with Crippen molar-refractivity contribution in [3.63, 3.8) is 0 Å². The number of hydrogen-bond acceptors (Lipinski definition) is 5. The molecule has 1 aliphatic heterocycles. The molecule has 0 spiro atoms. The molecular formula is C29H34F2N4O. The van der Waals surface area contributed by atoms with Crippen LogP contribution in [0.1, 0.15) is 68.9 Å². The summed E-state index contributed by atoms with van der Waals surface area (Å²) in [6.07, 6.45) is 7.70. The number of aryl methyl sites for hydroxylation is 1. The van der Waals surface area contributed by atoms with Crippen molar-refractivity contribution in [3.05, 3.63) is 83.4 Å². The van der Waals surface area contributed by atoms with Gasteiger partial charge in [-0.15, -0.1) is 0 Å². The number of nitriles is 1. The van der Waals surface area contributed by atoms with Gasteiger partial charge in [0.25, 0.3) is 0 Å². The van der Waals surface area contributed by atoms with Crippen LogP contribution in [0, 0.1) is 29.9 Å². The van der Waals surface area contributed by atoms with E-state index in [2.05, 4.69) is 21.9 Å². The highest BCUT2D eigenvalue weighted by atomic mass is 19.1. The zero-order valence-corrected chi connectivity index (χ0v) is 21.5. The molecule has 0 saturated heterocycles. The van der Waals surface area contributed by atoms with Crippen molar-refractivity contribution < 1.29 is 13.5 Å². The van der Waals surface area contributed by atoms with Gasteiger partial charge in [0.1, 0.15) is 17.5 Å². The zero-order chi connectivity index (χ0) is 26.3.